The molecule has 2 N–H and O–H groups in total. The number of halogens is 1. The maximum Gasteiger partial charge on any atom is 0.232 e. The normalized spacial score (nSPS) is 12.1. The molecule has 37 heavy (non-hydrogen) atoms. The van der Waals surface area contributed by atoms with Crippen molar-refractivity contribution in [3.63, 3.8) is 0 Å². The first-order valence-corrected chi connectivity index (χ1v) is 12.6. The average Bonchev–Trinajstić information content (AvgIpc) is 3.61. The van der Waals surface area contributed by atoms with Crippen molar-refractivity contribution < 1.29 is 9.18 Å². The van der Waals surface area contributed by atoms with Gasteiger partial charge in [0.2, 0.25) is 5.91 Å². The van der Waals surface area contributed by atoms with Gasteiger partial charge < -0.3 is 0 Å². The summed E-state index contributed by atoms with van der Waals surface area (Å²) in [5.74, 6) is -0.471. The molecule has 0 aliphatic carbocycles. The number of nitrogens with one attached hydrogen (secondary N) is 2. The van der Waals surface area contributed by atoms with Crippen LogP contribution in [0.1, 0.15) is 25.1 Å². The molecule has 0 radical (unpaired) electrons. The molecular weight excluding hydrogens is 491 g/mol. The topological polar surface area (TPSA) is 118 Å². The van der Waals surface area contributed by atoms with Crippen LogP contribution in [0.25, 0.3) is 64.9 Å². The SMILES string of the molecule is CC(C)CC(=O)n1c2cncc(c2)c2ncc3[nH][nH]c(c4nc5ccnc(c6ccc1s6)c5n4)-c3c2F. The van der Waals surface area contributed by atoms with E-state index in [1.807, 2.05) is 26.0 Å². The monoisotopic (exact) mass is 510 g/mol. The van der Waals surface area contributed by atoms with Gasteiger partial charge in [-0.2, -0.15) is 0 Å². The predicted octanol–water partition coefficient (Wildman–Crippen LogP) is 6.00. The molecule has 7 rings (SSSR count). The second kappa shape index (κ2) is 8.00. The van der Waals surface area contributed by atoms with Gasteiger partial charge in [0.1, 0.15) is 27.1 Å². The zero-order valence-electron chi connectivity index (χ0n) is 19.8. The van der Waals surface area contributed by atoms with Crippen LogP contribution in [0.3, 0.4) is 0 Å². The maximum atomic E-state index is 16.1. The van der Waals surface area contributed by atoms with Gasteiger partial charge in [-0.15, -0.1) is 11.3 Å². The highest BCUT2D eigenvalue weighted by molar-refractivity contribution is 7.24. The van der Waals surface area contributed by atoms with Crippen molar-refractivity contribution in [3.05, 3.63) is 54.9 Å². The number of aromatic nitrogens is 8. The van der Waals surface area contributed by atoms with Crippen molar-refractivity contribution in [2.75, 3.05) is 0 Å². The third-order valence-electron chi connectivity index (χ3n) is 6.30. The Kier molecular flexibility index (Phi) is 4.70. The number of nitrogens with zero attached hydrogens (tertiary/aromatic N) is 6. The van der Waals surface area contributed by atoms with Gasteiger partial charge >= 0.3 is 0 Å². The van der Waals surface area contributed by atoms with E-state index >= 15 is 4.39 Å². The Hall–Kier alpha value is -4.51. The second-order valence-corrected chi connectivity index (χ2v) is 10.4. The van der Waals surface area contributed by atoms with E-state index in [4.69, 9.17) is 4.98 Å². The van der Waals surface area contributed by atoms with Crippen molar-refractivity contribution in [3.8, 4) is 11.3 Å². The zero-order valence-corrected chi connectivity index (χ0v) is 20.6. The fourth-order valence-electron chi connectivity index (χ4n) is 4.66. The molecule has 0 amide bonds. The lowest BCUT2D eigenvalue weighted by Crippen LogP contribution is -2.13. The Bertz CT molecular complexity index is 2050. The largest absolute Gasteiger partial charge is 0.298 e. The number of hydrogen-bond donors (Lipinski definition) is 2. The predicted molar refractivity (Wildman–Crippen MR) is 142 cm³/mol. The molecule has 7 heterocycles. The fraction of sp³-hybridized carbons (Fsp3) is 0.154. The summed E-state index contributed by atoms with van der Waals surface area (Å²) in [5, 5.41) is 6.43. The lowest BCUT2D eigenvalue weighted by Gasteiger charge is -2.09. The summed E-state index contributed by atoms with van der Waals surface area (Å²) in [6, 6.07) is 7.34. The van der Waals surface area contributed by atoms with Crippen molar-refractivity contribution in [2.24, 2.45) is 5.92 Å². The van der Waals surface area contributed by atoms with E-state index in [-0.39, 0.29) is 17.3 Å². The first-order chi connectivity index (χ1) is 18.0. The van der Waals surface area contributed by atoms with Crippen molar-refractivity contribution in [2.45, 2.75) is 20.3 Å². The molecule has 8 bridgehead atoms. The number of pyridine rings is 3. The van der Waals surface area contributed by atoms with E-state index in [0.29, 0.717) is 61.1 Å². The van der Waals surface area contributed by atoms with Gasteiger partial charge in [0.15, 0.2) is 11.5 Å². The van der Waals surface area contributed by atoms with Crippen LogP contribution < -0.4 is 0 Å². The molecule has 0 saturated heterocycles. The number of fused-ring (bicyclic) bond motifs is 9. The third-order valence-corrected chi connectivity index (χ3v) is 7.37. The molecule has 0 fully saturated rings. The van der Waals surface area contributed by atoms with E-state index < -0.39 is 5.82 Å². The summed E-state index contributed by atoms with van der Waals surface area (Å²) in [4.78, 5) is 36.9. The summed E-state index contributed by atoms with van der Waals surface area (Å²) in [6.07, 6.45) is 6.72. The van der Waals surface area contributed by atoms with E-state index in [9.17, 15) is 4.79 Å². The van der Waals surface area contributed by atoms with E-state index in [1.54, 1.807) is 41.5 Å². The molecule has 0 aromatic carbocycles. The quantitative estimate of drug-likeness (QED) is 0.294. The molecule has 5 aromatic rings. The number of aromatic amines is 2. The summed E-state index contributed by atoms with van der Waals surface area (Å²) in [6.45, 7) is 3.99. The highest BCUT2D eigenvalue weighted by Crippen LogP contribution is 2.34. The van der Waals surface area contributed by atoms with Gasteiger partial charge in [0.05, 0.1) is 39.2 Å². The number of hydrogen-bond acceptors (Lipinski definition) is 7. The summed E-state index contributed by atoms with van der Waals surface area (Å²) in [7, 11) is 0. The lowest BCUT2D eigenvalue weighted by molar-refractivity contribution is 0.0897. The molecule has 0 spiro atoms. The van der Waals surface area contributed by atoms with Gasteiger partial charge in [0.25, 0.3) is 0 Å². The molecule has 5 aromatic heterocycles. The Morgan fingerprint density at radius 2 is 1.95 bits per heavy atom. The number of carbonyl (C=O) groups excluding carboxylic acids is 1. The Morgan fingerprint density at radius 1 is 1.05 bits per heavy atom. The lowest BCUT2D eigenvalue weighted by atomic mass is 10.1. The van der Waals surface area contributed by atoms with Crippen molar-refractivity contribution in [1.82, 2.24) is 39.7 Å². The van der Waals surface area contributed by atoms with Crippen molar-refractivity contribution >= 4 is 70.9 Å². The molecule has 0 unspecified atom stereocenters. The van der Waals surface area contributed by atoms with Crippen molar-refractivity contribution in [1.29, 1.82) is 0 Å². The molecule has 182 valence electrons. The Morgan fingerprint density at radius 3 is 2.81 bits per heavy atom. The molecule has 2 aliphatic heterocycles. The van der Waals surface area contributed by atoms with Gasteiger partial charge in [-0.1, -0.05) is 13.8 Å². The van der Waals surface area contributed by atoms with Crippen LogP contribution in [-0.2, 0) is 0 Å². The minimum Gasteiger partial charge on any atom is -0.298 e. The summed E-state index contributed by atoms with van der Waals surface area (Å²) >= 11 is 1.43. The standard InChI is InChI=1S/C26H19FN8OS/c1-12(2)7-18(36)35-14-8-13(9-28-10-14)22-21(27)20-16(11-30-22)33-34-25(20)26-31-15-5-6-29-24(23(15)32-26)17-3-4-19(35)37-17/h3-6,8-12,33-34H,7H2,1-2H3. The van der Waals surface area contributed by atoms with Gasteiger partial charge in [-0.3, -0.25) is 34.5 Å². The van der Waals surface area contributed by atoms with Crippen LogP contribution >= 0.6 is 11.3 Å². The molecule has 2 aliphatic rings. The van der Waals surface area contributed by atoms with Crippen LogP contribution in [0, 0.1) is 11.7 Å². The number of carbonyl (C=O) groups is 1. The highest BCUT2D eigenvalue weighted by atomic mass is 32.1. The molecular formula is C26H19FN8OS. The molecule has 0 saturated carbocycles. The van der Waals surface area contributed by atoms with Gasteiger partial charge in [0, 0.05) is 24.2 Å². The summed E-state index contributed by atoms with van der Waals surface area (Å²) in [5.41, 5.74) is 4.07. The molecule has 0 atom stereocenters. The van der Waals surface area contributed by atoms with Crippen LogP contribution in [0.5, 0.6) is 0 Å². The number of rotatable bonds is 2. The third kappa shape index (κ3) is 3.34. The van der Waals surface area contributed by atoms with E-state index in [2.05, 4.69) is 30.1 Å². The molecule has 9 nitrogen and oxygen atoms in total. The number of H-pyrrole nitrogens is 2. The van der Waals surface area contributed by atoms with E-state index in [1.165, 1.54) is 11.3 Å². The average molecular weight is 511 g/mol. The number of thiophene rings is 1. The van der Waals surface area contributed by atoms with Crippen LogP contribution in [-0.4, -0.2) is 45.6 Å². The van der Waals surface area contributed by atoms with Gasteiger partial charge in [-0.25, -0.2) is 14.4 Å². The highest BCUT2D eigenvalue weighted by Gasteiger charge is 2.21. The smallest absolute Gasteiger partial charge is 0.232 e. The maximum absolute atomic E-state index is 16.1. The van der Waals surface area contributed by atoms with Crippen LogP contribution in [0.4, 0.5) is 4.39 Å². The minimum atomic E-state index is -0.538. The van der Waals surface area contributed by atoms with Crippen LogP contribution in [0.2, 0.25) is 0 Å². The Labute approximate surface area is 212 Å². The van der Waals surface area contributed by atoms with Gasteiger partial charge in [-0.05, 0) is 30.2 Å². The first-order valence-electron chi connectivity index (χ1n) is 11.7. The second-order valence-electron chi connectivity index (χ2n) is 9.31. The van der Waals surface area contributed by atoms with E-state index in [0.717, 1.165) is 4.70 Å². The zero-order chi connectivity index (χ0) is 25.3. The van der Waals surface area contributed by atoms with Crippen LogP contribution in [0.15, 0.2) is 49.1 Å². The minimum absolute atomic E-state index is 0.0837. The first kappa shape index (κ1) is 21.7. The summed E-state index contributed by atoms with van der Waals surface area (Å²) < 4.78 is 18.5. The fourth-order valence-corrected chi connectivity index (χ4v) is 5.70. The molecule has 11 heteroatoms. The number of imidazole rings is 1. The Balaban J connectivity index is 1.73.